The van der Waals surface area contributed by atoms with Crippen molar-refractivity contribution in [2.45, 2.75) is 19.0 Å². The normalized spacial score (nSPS) is 23.0. The van der Waals surface area contributed by atoms with Crippen LogP contribution in [-0.2, 0) is 9.53 Å². The molecule has 14 heavy (non-hydrogen) atoms. The number of carboxylic acid groups (broad SMARTS) is 1. The molecule has 0 bridgehead atoms. The van der Waals surface area contributed by atoms with E-state index in [0.717, 1.165) is 0 Å². The third kappa shape index (κ3) is 4.02. The molecule has 1 saturated heterocycles. The first-order chi connectivity index (χ1) is 6.49. The predicted molar refractivity (Wildman–Crippen MR) is 49.0 cm³/mol. The third-order valence-electron chi connectivity index (χ3n) is 2.18. The maximum Gasteiger partial charge on any atom is 0.306 e. The summed E-state index contributed by atoms with van der Waals surface area (Å²) in [6.07, 6.45) is -0.440. The number of morpholine rings is 1. The van der Waals surface area contributed by atoms with Crippen molar-refractivity contribution in [1.82, 2.24) is 4.90 Å². The first kappa shape index (κ1) is 11.4. The van der Waals surface area contributed by atoms with Crippen LogP contribution in [0.5, 0.6) is 0 Å². The lowest BCUT2D eigenvalue weighted by atomic mass is 10.0. The number of carbonyl (C=O) groups is 1. The van der Waals surface area contributed by atoms with Crippen molar-refractivity contribution in [1.29, 1.82) is 0 Å². The van der Waals surface area contributed by atoms with Crippen LogP contribution in [0.4, 0.5) is 4.39 Å². The Labute approximate surface area is 82.6 Å². The van der Waals surface area contributed by atoms with Crippen LogP contribution >= 0.6 is 0 Å². The average Bonchev–Trinajstić information content (AvgIpc) is 2.02. The number of carboxylic acids is 1. The summed E-state index contributed by atoms with van der Waals surface area (Å²) >= 11 is 0. The Morgan fingerprint density at radius 2 is 2.14 bits per heavy atom. The Balaban J connectivity index is 2.36. The number of aliphatic carboxylic acids is 1. The molecular formula is C9H16FNO3. The molecule has 0 aromatic heterocycles. The SMILES string of the molecule is CC(F)(CC(=O)O)CN1CCOCC1. The fourth-order valence-electron chi connectivity index (χ4n) is 1.60. The highest BCUT2D eigenvalue weighted by molar-refractivity contribution is 5.68. The molecule has 1 N–H and O–H groups in total. The largest absolute Gasteiger partial charge is 0.481 e. The van der Waals surface area contributed by atoms with Crippen molar-refractivity contribution >= 4 is 5.97 Å². The fraction of sp³-hybridized carbons (Fsp3) is 0.889. The molecule has 1 unspecified atom stereocenters. The molecule has 0 spiro atoms. The summed E-state index contributed by atoms with van der Waals surface area (Å²) in [5.74, 6) is -1.09. The lowest BCUT2D eigenvalue weighted by molar-refractivity contribution is -0.140. The van der Waals surface area contributed by atoms with E-state index >= 15 is 0 Å². The molecule has 1 rings (SSSR count). The van der Waals surface area contributed by atoms with E-state index in [1.54, 1.807) is 0 Å². The first-order valence-electron chi connectivity index (χ1n) is 4.70. The van der Waals surface area contributed by atoms with Crippen LogP contribution in [0.2, 0.25) is 0 Å². The van der Waals surface area contributed by atoms with E-state index in [1.165, 1.54) is 6.92 Å². The Bertz CT molecular complexity index is 202. The smallest absolute Gasteiger partial charge is 0.306 e. The number of ether oxygens (including phenoxy) is 1. The Hall–Kier alpha value is -0.680. The molecule has 0 aliphatic carbocycles. The topological polar surface area (TPSA) is 49.8 Å². The summed E-state index contributed by atoms with van der Waals surface area (Å²) in [6, 6.07) is 0. The molecule has 1 fully saturated rings. The number of hydrogen-bond acceptors (Lipinski definition) is 3. The standard InChI is InChI=1S/C9H16FNO3/c1-9(10,6-8(12)13)7-11-2-4-14-5-3-11/h2-7H2,1H3,(H,12,13). The van der Waals surface area contributed by atoms with Gasteiger partial charge in [0.1, 0.15) is 5.67 Å². The van der Waals surface area contributed by atoms with Gasteiger partial charge in [-0.15, -0.1) is 0 Å². The van der Waals surface area contributed by atoms with Gasteiger partial charge in [0.05, 0.1) is 19.6 Å². The second-order valence-corrected chi connectivity index (χ2v) is 3.87. The van der Waals surface area contributed by atoms with Gasteiger partial charge in [-0.2, -0.15) is 0 Å². The van der Waals surface area contributed by atoms with E-state index in [1.807, 2.05) is 4.90 Å². The monoisotopic (exact) mass is 205 g/mol. The molecule has 1 aliphatic rings. The van der Waals surface area contributed by atoms with Crippen molar-refractivity contribution < 1.29 is 19.0 Å². The van der Waals surface area contributed by atoms with Crippen molar-refractivity contribution in [2.24, 2.45) is 0 Å². The van der Waals surface area contributed by atoms with Gasteiger partial charge in [-0.1, -0.05) is 0 Å². The molecule has 0 amide bonds. The van der Waals surface area contributed by atoms with Crippen LogP contribution < -0.4 is 0 Å². The maximum atomic E-state index is 13.7. The van der Waals surface area contributed by atoms with Crippen molar-refractivity contribution in [3.63, 3.8) is 0 Å². The number of nitrogens with zero attached hydrogens (tertiary/aromatic N) is 1. The van der Waals surface area contributed by atoms with Crippen LogP contribution in [0.1, 0.15) is 13.3 Å². The highest BCUT2D eigenvalue weighted by Crippen LogP contribution is 2.17. The van der Waals surface area contributed by atoms with Crippen LogP contribution in [-0.4, -0.2) is 54.5 Å². The Morgan fingerprint density at radius 3 is 2.64 bits per heavy atom. The van der Waals surface area contributed by atoms with Gasteiger partial charge in [-0.05, 0) is 6.92 Å². The molecule has 0 saturated carbocycles. The lowest BCUT2D eigenvalue weighted by Crippen LogP contribution is -2.44. The van der Waals surface area contributed by atoms with Crippen molar-refractivity contribution in [3.8, 4) is 0 Å². The molecule has 5 heteroatoms. The minimum Gasteiger partial charge on any atom is -0.481 e. The van der Waals surface area contributed by atoms with Crippen molar-refractivity contribution in [3.05, 3.63) is 0 Å². The highest BCUT2D eigenvalue weighted by Gasteiger charge is 2.30. The van der Waals surface area contributed by atoms with E-state index in [0.29, 0.717) is 26.3 Å². The molecular weight excluding hydrogens is 189 g/mol. The van der Waals surface area contributed by atoms with Gasteiger partial charge in [-0.25, -0.2) is 4.39 Å². The molecule has 1 atom stereocenters. The van der Waals surface area contributed by atoms with Gasteiger partial charge in [0.25, 0.3) is 0 Å². The third-order valence-corrected chi connectivity index (χ3v) is 2.18. The molecule has 0 radical (unpaired) electrons. The van der Waals surface area contributed by atoms with Crippen LogP contribution in [0.15, 0.2) is 0 Å². The second-order valence-electron chi connectivity index (χ2n) is 3.87. The number of halogens is 1. The molecule has 0 aromatic rings. The molecule has 0 aromatic carbocycles. The summed E-state index contributed by atoms with van der Waals surface area (Å²) < 4.78 is 18.8. The number of alkyl halides is 1. The Morgan fingerprint density at radius 1 is 1.57 bits per heavy atom. The van der Waals surface area contributed by atoms with Gasteiger partial charge in [0.15, 0.2) is 0 Å². The summed E-state index contributed by atoms with van der Waals surface area (Å²) in [7, 11) is 0. The number of hydrogen-bond donors (Lipinski definition) is 1. The summed E-state index contributed by atoms with van der Waals surface area (Å²) in [4.78, 5) is 12.3. The minimum absolute atomic E-state index is 0.169. The molecule has 82 valence electrons. The zero-order valence-electron chi connectivity index (χ0n) is 8.33. The van der Waals surface area contributed by atoms with Gasteiger partial charge in [-0.3, -0.25) is 9.69 Å². The predicted octanol–water partition coefficient (Wildman–Crippen LogP) is 0.522. The van der Waals surface area contributed by atoms with Gasteiger partial charge >= 0.3 is 5.97 Å². The van der Waals surface area contributed by atoms with E-state index in [2.05, 4.69) is 0 Å². The quantitative estimate of drug-likeness (QED) is 0.727. The lowest BCUT2D eigenvalue weighted by Gasteiger charge is -2.31. The van der Waals surface area contributed by atoms with Crippen LogP contribution in [0, 0.1) is 0 Å². The average molecular weight is 205 g/mol. The highest BCUT2D eigenvalue weighted by atomic mass is 19.1. The summed E-state index contributed by atoms with van der Waals surface area (Å²) in [5, 5.41) is 8.50. The minimum atomic E-state index is -1.65. The fourth-order valence-corrected chi connectivity index (χ4v) is 1.60. The summed E-state index contributed by atoms with van der Waals surface area (Å²) in [6.45, 7) is 4.06. The van der Waals surface area contributed by atoms with Crippen molar-refractivity contribution in [2.75, 3.05) is 32.8 Å². The molecule has 1 heterocycles. The zero-order valence-corrected chi connectivity index (χ0v) is 8.33. The summed E-state index contributed by atoms with van der Waals surface area (Å²) in [5.41, 5.74) is -1.65. The molecule has 4 nitrogen and oxygen atoms in total. The second kappa shape index (κ2) is 4.70. The maximum absolute atomic E-state index is 13.7. The van der Waals surface area contributed by atoms with Crippen LogP contribution in [0.3, 0.4) is 0 Å². The number of rotatable bonds is 4. The zero-order chi connectivity index (χ0) is 10.6. The van der Waals surface area contributed by atoms with Crippen LogP contribution in [0.25, 0.3) is 0 Å². The molecule has 1 aliphatic heterocycles. The first-order valence-corrected chi connectivity index (χ1v) is 4.70. The van der Waals surface area contributed by atoms with Gasteiger partial charge in [0.2, 0.25) is 0 Å². The Kier molecular flexibility index (Phi) is 3.83. The van der Waals surface area contributed by atoms with E-state index in [-0.39, 0.29) is 6.54 Å². The van der Waals surface area contributed by atoms with E-state index in [9.17, 15) is 9.18 Å². The van der Waals surface area contributed by atoms with E-state index < -0.39 is 18.1 Å². The van der Waals surface area contributed by atoms with E-state index in [4.69, 9.17) is 9.84 Å². The van der Waals surface area contributed by atoms with Gasteiger partial charge < -0.3 is 9.84 Å². The van der Waals surface area contributed by atoms with Gasteiger partial charge in [0, 0.05) is 19.6 Å².